The van der Waals surface area contributed by atoms with E-state index in [9.17, 15) is 0 Å². The SMILES string of the molecule is C=C[C@@H](C)[C@@H](C#C[Si](C)(C)C)O[Si](c1ccccc1)(c1ccccc1)C(C)(C)C. The van der Waals surface area contributed by atoms with Crippen LogP contribution >= 0.6 is 0 Å². The Hall–Kier alpha value is -1.87. The van der Waals surface area contributed by atoms with Gasteiger partial charge in [0, 0.05) is 5.92 Å². The highest BCUT2D eigenvalue weighted by atomic mass is 28.4. The van der Waals surface area contributed by atoms with Gasteiger partial charge < -0.3 is 4.43 Å². The largest absolute Gasteiger partial charge is 0.393 e. The van der Waals surface area contributed by atoms with Crippen LogP contribution in [0.5, 0.6) is 0 Å². The lowest BCUT2D eigenvalue weighted by Gasteiger charge is -2.45. The van der Waals surface area contributed by atoms with E-state index in [-0.39, 0.29) is 17.1 Å². The van der Waals surface area contributed by atoms with Gasteiger partial charge in [0.25, 0.3) is 8.32 Å². The molecule has 0 fully saturated rings. The molecule has 2 aromatic rings. The van der Waals surface area contributed by atoms with Gasteiger partial charge in [-0.05, 0) is 15.4 Å². The average Bonchev–Trinajstić information content (AvgIpc) is 2.67. The summed E-state index contributed by atoms with van der Waals surface area (Å²) >= 11 is 0. The fourth-order valence-electron chi connectivity index (χ4n) is 3.56. The molecule has 0 N–H and O–H groups in total. The summed E-state index contributed by atoms with van der Waals surface area (Å²) in [6.45, 7) is 20.0. The van der Waals surface area contributed by atoms with E-state index < -0.39 is 16.4 Å². The minimum absolute atomic E-state index is 0.0598. The van der Waals surface area contributed by atoms with Gasteiger partial charge >= 0.3 is 0 Å². The molecule has 0 aromatic heterocycles. The quantitative estimate of drug-likeness (QED) is 0.334. The Labute approximate surface area is 180 Å². The van der Waals surface area contributed by atoms with E-state index in [2.05, 4.69) is 126 Å². The van der Waals surface area contributed by atoms with Crippen LogP contribution in [-0.4, -0.2) is 22.5 Å². The Bertz CT molecular complexity index is 809. The molecule has 0 heterocycles. The molecule has 3 heteroatoms. The fraction of sp³-hybridized carbons (Fsp3) is 0.385. The molecule has 0 amide bonds. The Kier molecular flexibility index (Phi) is 7.51. The van der Waals surface area contributed by atoms with Crippen molar-refractivity contribution in [2.45, 2.75) is 58.5 Å². The van der Waals surface area contributed by atoms with Crippen LogP contribution in [0.15, 0.2) is 73.3 Å². The van der Waals surface area contributed by atoms with Crippen molar-refractivity contribution in [3.63, 3.8) is 0 Å². The second-order valence-electron chi connectivity index (χ2n) is 9.82. The highest BCUT2D eigenvalue weighted by molar-refractivity contribution is 6.99. The molecular formula is C26H36OSi2. The number of benzene rings is 2. The van der Waals surface area contributed by atoms with Gasteiger partial charge in [-0.15, -0.1) is 12.1 Å². The van der Waals surface area contributed by atoms with Crippen LogP contribution in [0.1, 0.15) is 27.7 Å². The monoisotopic (exact) mass is 420 g/mol. The van der Waals surface area contributed by atoms with Crippen LogP contribution in [-0.2, 0) is 4.43 Å². The third-order valence-corrected chi connectivity index (χ3v) is 11.1. The minimum atomic E-state index is -2.62. The van der Waals surface area contributed by atoms with Crippen molar-refractivity contribution in [1.29, 1.82) is 0 Å². The van der Waals surface area contributed by atoms with Crippen LogP contribution in [0.3, 0.4) is 0 Å². The van der Waals surface area contributed by atoms with Crippen molar-refractivity contribution in [3.05, 3.63) is 73.3 Å². The van der Waals surface area contributed by atoms with Crippen LogP contribution < -0.4 is 10.4 Å². The second-order valence-corrected chi connectivity index (χ2v) is 18.8. The predicted molar refractivity (Wildman–Crippen MR) is 133 cm³/mol. The number of hydrogen-bond acceptors (Lipinski definition) is 1. The molecule has 0 aliphatic rings. The molecule has 0 saturated carbocycles. The van der Waals surface area contributed by atoms with Crippen LogP contribution in [0.4, 0.5) is 0 Å². The van der Waals surface area contributed by atoms with Gasteiger partial charge in [-0.2, -0.15) is 0 Å². The summed E-state index contributed by atoms with van der Waals surface area (Å²) < 4.78 is 7.24. The molecule has 2 atom stereocenters. The first-order valence-corrected chi connectivity index (χ1v) is 15.9. The van der Waals surface area contributed by atoms with E-state index in [4.69, 9.17) is 4.43 Å². The molecule has 0 aliphatic carbocycles. The van der Waals surface area contributed by atoms with Gasteiger partial charge in [0.05, 0.1) is 0 Å². The summed E-state index contributed by atoms with van der Waals surface area (Å²) in [6, 6.07) is 21.5. The molecule has 2 rings (SSSR count). The summed E-state index contributed by atoms with van der Waals surface area (Å²) in [5.74, 6) is 3.68. The molecule has 0 aliphatic heterocycles. The standard InChI is InChI=1S/C26H36OSi2/c1-9-22(2)25(20-21-28(6,7)8)27-29(26(3,4)5,23-16-12-10-13-17-23)24-18-14-11-15-19-24/h9-19,22,25H,1H2,2-8H3/t22-,25-/m1/s1. The Morgan fingerprint density at radius 3 is 1.69 bits per heavy atom. The van der Waals surface area contributed by atoms with E-state index in [0.717, 1.165) is 0 Å². The lowest BCUT2D eigenvalue weighted by atomic mass is 10.1. The molecule has 0 bridgehead atoms. The number of hydrogen-bond donors (Lipinski definition) is 0. The van der Waals surface area contributed by atoms with Crippen molar-refractivity contribution in [1.82, 2.24) is 0 Å². The van der Waals surface area contributed by atoms with Crippen molar-refractivity contribution in [3.8, 4) is 11.5 Å². The number of rotatable bonds is 6. The van der Waals surface area contributed by atoms with Crippen molar-refractivity contribution in [2.75, 3.05) is 0 Å². The third kappa shape index (κ3) is 5.60. The maximum absolute atomic E-state index is 7.24. The first-order chi connectivity index (χ1) is 13.5. The summed E-state index contributed by atoms with van der Waals surface area (Å²) in [6.07, 6.45) is 1.80. The molecule has 0 spiro atoms. The zero-order chi connectivity index (χ0) is 21.7. The van der Waals surface area contributed by atoms with Gasteiger partial charge in [0.1, 0.15) is 14.2 Å². The lowest BCUT2D eigenvalue weighted by molar-refractivity contribution is 0.206. The van der Waals surface area contributed by atoms with Crippen molar-refractivity contribution in [2.24, 2.45) is 5.92 Å². The third-order valence-electron chi connectivity index (χ3n) is 5.16. The summed E-state index contributed by atoms with van der Waals surface area (Å²) in [7, 11) is -4.14. The molecule has 1 nitrogen and oxygen atoms in total. The zero-order valence-corrected chi connectivity index (χ0v) is 21.1. The fourth-order valence-corrected chi connectivity index (χ4v) is 8.81. The van der Waals surface area contributed by atoms with E-state index in [0.29, 0.717) is 0 Å². The molecule has 2 aromatic carbocycles. The average molecular weight is 421 g/mol. The van der Waals surface area contributed by atoms with E-state index >= 15 is 0 Å². The van der Waals surface area contributed by atoms with Crippen LogP contribution in [0.2, 0.25) is 24.7 Å². The topological polar surface area (TPSA) is 9.23 Å². The summed E-state index contributed by atoms with van der Waals surface area (Å²) in [5.41, 5.74) is 3.55. The Morgan fingerprint density at radius 1 is 0.897 bits per heavy atom. The lowest BCUT2D eigenvalue weighted by Crippen LogP contribution is -2.68. The minimum Gasteiger partial charge on any atom is -0.393 e. The second kappa shape index (κ2) is 9.30. The van der Waals surface area contributed by atoms with Crippen LogP contribution in [0, 0.1) is 17.4 Å². The molecular weight excluding hydrogens is 384 g/mol. The smallest absolute Gasteiger partial charge is 0.262 e. The molecule has 29 heavy (non-hydrogen) atoms. The summed E-state index contributed by atoms with van der Waals surface area (Å²) in [4.78, 5) is 0. The zero-order valence-electron chi connectivity index (χ0n) is 19.1. The molecule has 0 radical (unpaired) electrons. The molecule has 0 saturated heterocycles. The first kappa shape index (κ1) is 23.4. The Balaban J connectivity index is 2.74. The van der Waals surface area contributed by atoms with Gasteiger partial charge in [-0.3, -0.25) is 0 Å². The molecule has 0 unspecified atom stereocenters. The maximum atomic E-state index is 7.24. The maximum Gasteiger partial charge on any atom is 0.262 e. The van der Waals surface area contributed by atoms with E-state index in [1.807, 2.05) is 6.08 Å². The normalized spacial score (nSPS) is 14.4. The van der Waals surface area contributed by atoms with E-state index in [1.165, 1.54) is 10.4 Å². The van der Waals surface area contributed by atoms with Crippen molar-refractivity contribution < 1.29 is 4.43 Å². The van der Waals surface area contributed by atoms with Gasteiger partial charge in [0.15, 0.2) is 0 Å². The Morgan fingerprint density at radius 2 is 1.34 bits per heavy atom. The van der Waals surface area contributed by atoms with Gasteiger partial charge in [-0.1, -0.05) is 120 Å². The summed E-state index contributed by atoms with van der Waals surface area (Å²) in [5, 5.41) is 2.51. The highest BCUT2D eigenvalue weighted by Crippen LogP contribution is 2.38. The van der Waals surface area contributed by atoms with E-state index in [1.54, 1.807) is 0 Å². The van der Waals surface area contributed by atoms with Crippen molar-refractivity contribution >= 4 is 26.8 Å². The van der Waals surface area contributed by atoms with Gasteiger partial charge in [0.2, 0.25) is 0 Å². The molecule has 154 valence electrons. The van der Waals surface area contributed by atoms with Crippen LogP contribution in [0.25, 0.3) is 0 Å². The first-order valence-electron chi connectivity index (χ1n) is 10.5. The highest BCUT2D eigenvalue weighted by Gasteiger charge is 2.51. The predicted octanol–water partition coefficient (Wildman–Crippen LogP) is 5.63. The van der Waals surface area contributed by atoms with Gasteiger partial charge in [-0.25, -0.2) is 0 Å².